The minimum absolute atomic E-state index is 0.155. The molecular weight excluding hydrogens is 384 g/mol. The molecule has 0 atom stereocenters. The second-order valence-electron chi connectivity index (χ2n) is 6.83. The normalized spacial score (nSPS) is 9.93. The topological polar surface area (TPSA) is 93.1 Å². The number of phenols is 2. The van der Waals surface area contributed by atoms with E-state index in [1.54, 1.807) is 24.3 Å². The Hall–Kier alpha value is -3.02. The summed E-state index contributed by atoms with van der Waals surface area (Å²) in [6.07, 6.45) is 4.16. The summed E-state index contributed by atoms with van der Waals surface area (Å²) >= 11 is 0. The summed E-state index contributed by atoms with van der Waals surface area (Å²) in [7, 11) is 0. The Bertz CT molecular complexity index is 672. The van der Waals surface area contributed by atoms with Crippen molar-refractivity contribution in [1.82, 2.24) is 0 Å². The fraction of sp³-hybridized carbons (Fsp3) is 0.417. The molecule has 30 heavy (non-hydrogen) atoms. The predicted molar refractivity (Wildman–Crippen MR) is 115 cm³/mol. The van der Waals surface area contributed by atoms with Gasteiger partial charge < -0.3 is 19.7 Å². The van der Waals surface area contributed by atoms with Crippen LogP contribution in [0.5, 0.6) is 11.5 Å². The molecule has 0 aliphatic heterocycles. The molecule has 0 amide bonds. The summed E-state index contributed by atoms with van der Waals surface area (Å²) in [5, 5.41) is 18.4. The fourth-order valence-corrected chi connectivity index (χ4v) is 2.24. The molecule has 2 aromatic rings. The first-order valence-electron chi connectivity index (χ1n) is 10.3. The molecule has 6 heteroatoms. The number of rotatable bonds is 10. The quantitative estimate of drug-likeness (QED) is 0.436. The average molecular weight is 417 g/mol. The third kappa shape index (κ3) is 11.7. The lowest BCUT2D eigenvalue weighted by atomic mass is 10.1. The molecule has 2 aromatic carbocycles. The lowest BCUT2D eigenvalue weighted by molar-refractivity contribution is -0.145. The molecule has 0 radical (unpaired) electrons. The van der Waals surface area contributed by atoms with E-state index in [9.17, 15) is 19.8 Å². The maximum atomic E-state index is 11.7. The molecule has 0 aromatic heterocycles. The number of hydrogen-bond donors (Lipinski definition) is 2. The smallest absolute Gasteiger partial charge is 0.310 e. The van der Waals surface area contributed by atoms with Crippen LogP contribution in [0.15, 0.2) is 48.5 Å². The highest BCUT2D eigenvalue weighted by Gasteiger charge is 2.06. The first-order valence-corrected chi connectivity index (χ1v) is 10.3. The van der Waals surface area contributed by atoms with Gasteiger partial charge >= 0.3 is 11.9 Å². The number of phenolic OH excluding ortho intramolecular Hbond substituents is 2. The Balaban J connectivity index is 0.00000103. The van der Waals surface area contributed by atoms with Crippen LogP contribution in [0.2, 0.25) is 0 Å². The maximum Gasteiger partial charge on any atom is 0.310 e. The minimum atomic E-state index is -0.333. The largest absolute Gasteiger partial charge is 0.508 e. The third-order valence-electron chi connectivity index (χ3n) is 4.13. The highest BCUT2D eigenvalue weighted by atomic mass is 16.5. The predicted octanol–water partition coefficient (Wildman–Crippen LogP) is 4.56. The summed E-state index contributed by atoms with van der Waals surface area (Å²) in [5.74, 6) is -0.357. The lowest BCUT2D eigenvalue weighted by Crippen LogP contribution is -2.11. The van der Waals surface area contributed by atoms with Crippen LogP contribution < -0.4 is 0 Å². The molecule has 0 heterocycles. The van der Waals surface area contributed by atoms with Crippen molar-refractivity contribution in [2.45, 2.75) is 52.4 Å². The van der Waals surface area contributed by atoms with Gasteiger partial charge in [-0.1, -0.05) is 51.0 Å². The van der Waals surface area contributed by atoms with Crippen LogP contribution in [0.3, 0.4) is 0 Å². The second kappa shape index (κ2) is 14.9. The van der Waals surface area contributed by atoms with Gasteiger partial charge in [0, 0.05) is 0 Å². The van der Waals surface area contributed by atoms with Crippen LogP contribution in [0, 0.1) is 0 Å². The first-order chi connectivity index (χ1) is 14.4. The van der Waals surface area contributed by atoms with Crippen LogP contribution in [-0.4, -0.2) is 35.4 Å². The minimum Gasteiger partial charge on any atom is -0.508 e. The number of ether oxygens (including phenoxy) is 2. The zero-order valence-corrected chi connectivity index (χ0v) is 17.8. The van der Waals surface area contributed by atoms with Crippen molar-refractivity contribution >= 4 is 11.9 Å². The number of carbonyl (C=O) groups is 2. The van der Waals surface area contributed by atoms with Crippen molar-refractivity contribution in [3.05, 3.63) is 59.7 Å². The highest BCUT2D eigenvalue weighted by Crippen LogP contribution is 2.11. The summed E-state index contributed by atoms with van der Waals surface area (Å²) < 4.78 is 10.2. The molecule has 2 rings (SSSR count). The van der Waals surface area contributed by atoms with Gasteiger partial charge in [-0.15, -0.1) is 0 Å². The molecule has 0 fully saturated rings. The number of unbranched alkanes of at least 4 members (excludes halogenated alkanes) is 2. The first kappa shape index (κ1) is 25.0. The Morgan fingerprint density at radius 2 is 1.00 bits per heavy atom. The molecule has 6 nitrogen and oxygen atoms in total. The number of hydrogen-bond acceptors (Lipinski definition) is 6. The lowest BCUT2D eigenvalue weighted by Gasteiger charge is -2.07. The van der Waals surface area contributed by atoms with E-state index < -0.39 is 0 Å². The van der Waals surface area contributed by atoms with E-state index in [0.29, 0.717) is 12.8 Å². The summed E-state index contributed by atoms with van der Waals surface area (Å²) in [6, 6.07) is 12.8. The summed E-state index contributed by atoms with van der Waals surface area (Å²) in [5.41, 5.74) is 1.55. The molecule has 0 bridgehead atoms. The molecule has 0 aliphatic rings. The molecule has 0 unspecified atom stereocenters. The van der Waals surface area contributed by atoms with E-state index in [4.69, 9.17) is 9.47 Å². The Morgan fingerprint density at radius 1 is 0.667 bits per heavy atom. The van der Waals surface area contributed by atoms with Crippen molar-refractivity contribution in [2.24, 2.45) is 0 Å². The van der Waals surface area contributed by atoms with E-state index in [2.05, 4.69) is 13.8 Å². The summed E-state index contributed by atoms with van der Waals surface area (Å²) in [4.78, 5) is 23.4. The van der Waals surface area contributed by atoms with Crippen molar-refractivity contribution in [2.75, 3.05) is 13.2 Å². The van der Waals surface area contributed by atoms with Gasteiger partial charge in [0.15, 0.2) is 0 Å². The van der Waals surface area contributed by atoms with Gasteiger partial charge in [0.1, 0.15) is 11.5 Å². The number of benzene rings is 2. The van der Waals surface area contributed by atoms with Crippen molar-refractivity contribution in [3.8, 4) is 11.5 Å². The summed E-state index contributed by atoms with van der Waals surface area (Å²) in [6.45, 7) is 4.90. The third-order valence-corrected chi connectivity index (χ3v) is 4.13. The standard InChI is InChI=1S/C20H22O6.C4H10/c21-17-7-3-15(4-8-17)13-19(23)25-11-1-2-12-26-20(24)14-16-5-9-18(22)10-6-16;1-3-4-2/h3-10,21-22H,1-2,11-14H2;3-4H2,1-2H3. The molecule has 0 saturated heterocycles. The van der Waals surface area contributed by atoms with Crippen molar-refractivity contribution < 1.29 is 29.3 Å². The molecule has 0 spiro atoms. The van der Waals surface area contributed by atoms with E-state index in [0.717, 1.165) is 11.1 Å². The van der Waals surface area contributed by atoms with Gasteiger partial charge in [-0.25, -0.2) is 0 Å². The van der Waals surface area contributed by atoms with E-state index in [-0.39, 0.29) is 49.5 Å². The van der Waals surface area contributed by atoms with E-state index >= 15 is 0 Å². The van der Waals surface area contributed by atoms with Crippen LogP contribution in [0.1, 0.15) is 50.7 Å². The fourth-order valence-electron chi connectivity index (χ4n) is 2.24. The van der Waals surface area contributed by atoms with E-state index in [1.165, 1.54) is 37.1 Å². The average Bonchev–Trinajstić information content (AvgIpc) is 2.74. The molecule has 0 aliphatic carbocycles. The Morgan fingerprint density at radius 3 is 1.30 bits per heavy atom. The Labute approximate surface area is 178 Å². The van der Waals surface area contributed by atoms with Crippen molar-refractivity contribution in [1.29, 1.82) is 0 Å². The second-order valence-corrected chi connectivity index (χ2v) is 6.83. The van der Waals surface area contributed by atoms with Gasteiger partial charge in [-0.2, -0.15) is 0 Å². The SMILES string of the molecule is CCCC.O=C(Cc1ccc(O)cc1)OCCCCOC(=O)Cc1ccc(O)cc1. The van der Waals surface area contributed by atoms with Gasteiger partial charge in [0.25, 0.3) is 0 Å². The van der Waals surface area contributed by atoms with Crippen LogP contribution in [0.4, 0.5) is 0 Å². The highest BCUT2D eigenvalue weighted by molar-refractivity contribution is 5.73. The van der Waals surface area contributed by atoms with Crippen LogP contribution >= 0.6 is 0 Å². The number of carbonyl (C=O) groups excluding carboxylic acids is 2. The number of aromatic hydroxyl groups is 2. The van der Waals surface area contributed by atoms with E-state index in [1.807, 2.05) is 0 Å². The molecule has 2 N–H and O–H groups in total. The van der Waals surface area contributed by atoms with Gasteiger partial charge in [0.2, 0.25) is 0 Å². The maximum absolute atomic E-state index is 11.7. The van der Waals surface area contributed by atoms with Gasteiger partial charge in [-0.3, -0.25) is 9.59 Å². The van der Waals surface area contributed by atoms with Gasteiger partial charge in [-0.05, 0) is 48.2 Å². The van der Waals surface area contributed by atoms with Crippen LogP contribution in [0.25, 0.3) is 0 Å². The zero-order valence-electron chi connectivity index (χ0n) is 17.8. The zero-order chi connectivity index (χ0) is 22.2. The molecule has 164 valence electrons. The van der Waals surface area contributed by atoms with Crippen molar-refractivity contribution in [3.63, 3.8) is 0 Å². The number of esters is 2. The molecule has 0 saturated carbocycles. The molecular formula is C24H32O6. The monoisotopic (exact) mass is 416 g/mol. The van der Waals surface area contributed by atoms with Gasteiger partial charge in [0.05, 0.1) is 26.1 Å². The Kier molecular flexibility index (Phi) is 12.4. The van der Waals surface area contributed by atoms with Crippen LogP contribution in [-0.2, 0) is 31.9 Å².